The average molecular weight is 134 g/mol. The monoisotopic (exact) mass is 134 g/mol. The van der Waals surface area contributed by atoms with Crippen LogP contribution in [-0.4, -0.2) is 0 Å². The Morgan fingerprint density at radius 1 is 0.900 bits per heavy atom. The molecule has 0 amide bonds. The van der Waals surface area contributed by atoms with Crippen molar-refractivity contribution in [3.05, 3.63) is 24.3 Å². The Morgan fingerprint density at radius 2 is 1.20 bits per heavy atom. The molecule has 1 aromatic carbocycles. The molecule has 0 heterocycles. The van der Waals surface area contributed by atoms with Crippen LogP contribution < -0.4 is 11.5 Å². The summed E-state index contributed by atoms with van der Waals surface area (Å²) in [6, 6.07) is 7.25. The van der Waals surface area contributed by atoms with Gasteiger partial charge in [-0.15, -0.1) is 12.8 Å². The number of nitrogen functional groups attached to an aromatic ring is 2. The molecule has 0 aliphatic carbocycles. The van der Waals surface area contributed by atoms with Gasteiger partial charge in [-0.25, -0.2) is 0 Å². The predicted molar refractivity (Wildman–Crippen MR) is 45.2 cm³/mol. The predicted octanol–water partition coefficient (Wildman–Crippen LogP) is 1.10. The zero-order chi connectivity index (χ0) is 7.98. The van der Waals surface area contributed by atoms with E-state index in [4.69, 9.17) is 11.5 Å². The molecule has 10 heavy (non-hydrogen) atoms. The molecule has 0 unspecified atom stereocenters. The van der Waals surface area contributed by atoms with Crippen LogP contribution in [0.25, 0.3) is 0 Å². The first-order valence-electron chi connectivity index (χ1n) is 2.74. The highest BCUT2D eigenvalue weighted by atomic mass is 14.7. The molecular formula is C8H10N2. The van der Waals surface area contributed by atoms with E-state index in [0.29, 0.717) is 11.4 Å². The zero-order valence-corrected chi connectivity index (χ0v) is 5.62. The minimum Gasteiger partial charge on any atom is -0.397 e. The van der Waals surface area contributed by atoms with Gasteiger partial charge in [-0.2, -0.15) is 0 Å². The maximum atomic E-state index is 5.39. The average Bonchev–Trinajstić information content (AvgIpc) is 2.00. The van der Waals surface area contributed by atoms with Gasteiger partial charge in [-0.3, -0.25) is 0 Å². The van der Waals surface area contributed by atoms with E-state index >= 15 is 0 Å². The third kappa shape index (κ3) is 2.10. The lowest BCUT2D eigenvalue weighted by Crippen LogP contribution is -1.91. The molecule has 1 aromatic rings. The summed E-state index contributed by atoms with van der Waals surface area (Å²) in [4.78, 5) is 0. The van der Waals surface area contributed by atoms with Crippen LogP contribution in [-0.2, 0) is 0 Å². The Labute approximate surface area is 60.8 Å². The molecule has 0 radical (unpaired) electrons. The molecule has 0 atom stereocenters. The molecule has 0 bridgehead atoms. The van der Waals surface area contributed by atoms with Crippen molar-refractivity contribution >= 4 is 11.4 Å². The molecule has 0 aliphatic heterocycles. The maximum Gasteiger partial charge on any atom is 0.0547 e. The van der Waals surface area contributed by atoms with Gasteiger partial charge in [0.2, 0.25) is 0 Å². The quantitative estimate of drug-likeness (QED) is 0.412. The van der Waals surface area contributed by atoms with Gasteiger partial charge < -0.3 is 11.5 Å². The molecule has 0 aromatic heterocycles. The van der Waals surface area contributed by atoms with Crippen molar-refractivity contribution in [1.82, 2.24) is 0 Å². The number of para-hydroxylation sites is 2. The van der Waals surface area contributed by atoms with Crippen molar-refractivity contribution in [2.45, 2.75) is 0 Å². The SMILES string of the molecule is C#C.Nc1ccccc1N. The summed E-state index contributed by atoms with van der Waals surface area (Å²) in [7, 11) is 0. The van der Waals surface area contributed by atoms with Gasteiger partial charge >= 0.3 is 0 Å². The fourth-order valence-electron chi connectivity index (χ4n) is 0.511. The van der Waals surface area contributed by atoms with Crippen LogP contribution in [0.3, 0.4) is 0 Å². The Kier molecular flexibility index (Phi) is 3.58. The van der Waals surface area contributed by atoms with Gasteiger partial charge in [0.1, 0.15) is 0 Å². The van der Waals surface area contributed by atoms with Crippen LogP contribution in [0.4, 0.5) is 11.4 Å². The summed E-state index contributed by atoms with van der Waals surface area (Å²) >= 11 is 0. The van der Waals surface area contributed by atoms with Gasteiger partial charge in [-0.05, 0) is 12.1 Å². The highest BCUT2D eigenvalue weighted by Gasteiger charge is 1.85. The number of terminal acetylenes is 1. The first kappa shape index (κ1) is 8.38. The van der Waals surface area contributed by atoms with E-state index in [1.807, 2.05) is 12.1 Å². The van der Waals surface area contributed by atoms with Crippen molar-refractivity contribution < 1.29 is 0 Å². The van der Waals surface area contributed by atoms with E-state index in [-0.39, 0.29) is 0 Å². The first-order valence-corrected chi connectivity index (χ1v) is 2.74. The molecule has 4 N–H and O–H groups in total. The van der Waals surface area contributed by atoms with E-state index in [1.165, 1.54) is 0 Å². The number of hydrogen-bond donors (Lipinski definition) is 2. The Hall–Kier alpha value is -1.62. The molecule has 2 nitrogen and oxygen atoms in total. The minimum absolute atomic E-state index is 0.646. The molecule has 0 saturated carbocycles. The van der Waals surface area contributed by atoms with E-state index in [2.05, 4.69) is 12.8 Å². The van der Waals surface area contributed by atoms with E-state index in [9.17, 15) is 0 Å². The fraction of sp³-hybridized carbons (Fsp3) is 0. The smallest absolute Gasteiger partial charge is 0.0547 e. The molecule has 1 rings (SSSR count). The number of nitrogens with two attached hydrogens (primary N) is 2. The minimum atomic E-state index is 0.646. The van der Waals surface area contributed by atoms with Crippen molar-refractivity contribution in [3.8, 4) is 12.8 Å². The highest BCUT2D eigenvalue weighted by molar-refractivity contribution is 5.62. The van der Waals surface area contributed by atoms with Gasteiger partial charge in [0.25, 0.3) is 0 Å². The molecule has 52 valence electrons. The Balaban J connectivity index is 0.000000371. The van der Waals surface area contributed by atoms with E-state index in [1.54, 1.807) is 12.1 Å². The van der Waals surface area contributed by atoms with Crippen molar-refractivity contribution in [3.63, 3.8) is 0 Å². The molecular weight excluding hydrogens is 124 g/mol. The number of anilines is 2. The highest BCUT2D eigenvalue weighted by Crippen LogP contribution is 2.10. The van der Waals surface area contributed by atoms with E-state index in [0.717, 1.165) is 0 Å². The number of hydrogen-bond acceptors (Lipinski definition) is 2. The molecule has 0 aliphatic rings. The summed E-state index contributed by atoms with van der Waals surface area (Å²) < 4.78 is 0. The third-order valence-electron chi connectivity index (χ3n) is 0.996. The summed E-state index contributed by atoms with van der Waals surface area (Å²) in [5.41, 5.74) is 12.1. The fourth-order valence-corrected chi connectivity index (χ4v) is 0.511. The van der Waals surface area contributed by atoms with Crippen LogP contribution in [0.5, 0.6) is 0 Å². The van der Waals surface area contributed by atoms with Gasteiger partial charge in [-0.1, -0.05) is 12.1 Å². The molecule has 2 heteroatoms. The summed E-state index contributed by atoms with van der Waals surface area (Å²) in [6.07, 6.45) is 8.00. The Morgan fingerprint density at radius 3 is 1.40 bits per heavy atom. The van der Waals surface area contributed by atoms with Gasteiger partial charge in [0, 0.05) is 0 Å². The number of benzene rings is 1. The normalized spacial score (nSPS) is 7.40. The van der Waals surface area contributed by atoms with Crippen LogP contribution in [0.15, 0.2) is 24.3 Å². The number of rotatable bonds is 0. The maximum absolute atomic E-state index is 5.39. The zero-order valence-electron chi connectivity index (χ0n) is 5.62. The van der Waals surface area contributed by atoms with Crippen molar-refractivity contribution in [2.75, 3.05) is 11.5 Å². The summed E-state index contributed by atoms with van der Waals surface area (Å²) in [5.74, 6) is 0. The molecule has 0 fully saturated rings. The molecule has 0 spiro atoms. The van der Waals surface area contributed by atoms with Gasteiger partial charge in [0.05, 0.1) is 11.4 Å². The van der Waals surface area contributed by atoms with Crippen molar-refractivity contribution in [2.24, 2.45) is 0 Å². The van der Waals surface area contributed by atoms with Crippen LogP contribution in [0.2, 0.25) is 0 Å². The topological polar surface area (TPSA) is 52.0 Å². The standard InChI is InChI=1S/C6H8N2.C2H2/c7-5-3-1-2-4-6(5)8;1-2/h1-4H,7-8H2;1-2H. The second-order valence-electron chi connectivity index (χ2n) is 1.63. The van der Waals surface area contributed by atoms with Crippen LogP contribution in [0.1, 0.15) is 0 Å². The second kappa shape index (κ2) is 4.28. The second-order valence-corrected chi connectivity index (χ2v) is 1.63. The van der Waals surface area contributed by atoms with Crippen molar-refractivity contribution in [1.29, 1.82) is 0 Å². The van der Waals surface area contributed by atoms with Gasteiger partial charge in [0.15, 0.2) is 0 Å². The Bertz CT molecular complexity index is 194. The lowest BCUT2D eigenvalue weighted by atomic mass is 10.3. The summed E-state index contributed by atoms with van der Waals surface area (Å²) in [6.45, 7) is 0. The first-order chi connectivity index (χ1) is 4.80. The van der Waals surface area contributed by atoms with Crippen LogP contribution >= 0.6 is 0 Å². The lowest BCUT2D eigenvalue weighted by Gasteiger charge is -1.94. The lowest BCUT2D eigenvalue weighted by molar-refractivity contribution is 1.67. The third-order valence-corrected chi connectivity index (χ3v) is 0.996. The molecule has 0 saturated heterocycles. The van der Waals surface area contributed by atoms with E-state index < -0.39 is 0 Å². The summed E-state index contributed by atoms with van der Waals surface area (Å²) in [5, 5.41) is 0. The largest absolute Gasteiger partial charge is 0.397 e. The van der Waals surface area contributed by atoms with Crippen LogP contribution in [0, 0.1) is 12.8 Å².